The van der Waals surface area contributed by atoms with Gasteiger partial charge in [0.25, 0.3) is 0 Å². The van der Waals surface area contributed by atoms with Gasteiger partial charge in [-0.15, -0.1) is 0 Å². The lowest BCUT2D eigenvalue weighted by Crippen LogP contribution is -2.39. The summed E-state index contributed by atoms with van der Waals surface area (Å²) in [7, 11) is -3.50. The minimum atomic E-state index is -3.50. The molecule has 0 amide bonds. The van der Waals surface area contributed by atoms with E-state index in [0.717, 1.165) is 24.1 Å². The van der Waals surface area contributed by atoms with Gasteiger partial charge in [-0.25, -0.2) is 8.42 Å². The molecule has 0 aromatic carbocycles. The van der Waals surface area contributed by atoms with Crippen molar-refractivity contribution in [3.63, 3.8) is 0 Å². The monoisotopic (exact) mass is 337 g/mol. The van der Waals surface area contributed by atoms with Gasteiger partial charge in [-0.2, -0.15) is 14.5 Å². The van der Waals surface area contributed by atoms with Crippen LogP contribution in [-0.4, -0.2) is 45.8 Å². The number of aromatic amines is 1. The zero-order valence-electron chi connectivity index (χ0n) is 13.8. The van der Waals surface area contributed by atoms with E-state index >= 15 is 0 Å². The summed E-state index contributed by atoms with van der Waals surface area (Å²) in [6.45, 7) is 7.47. The Balaban J connectivity index is 1.88. The van der Waals surface area contributed by atoms with E-state index < -0.39 is 10.0 Å². The van der Waals surface area contributed by atoms with Crippen LogP contribution in [0.25, 0.3) is 0 Å². The van der Waals surface area contributed by atoms with Gasteiger partial charge in [-0.05, 0) is 39.2 Å². The lowest BCUT2D eigenvalue weighted by Gasteiger charge is -2.31. The molecular weight excluding hydrogens is 314 g/mol. The number of nitrogens with zero attached hydrogens (tertiary/aromatic N) is 4. The second kappa shape index (κ2) is 6.09. The Morgan fingerprint density at radius 2 is 2.13 bits per heavy atom. The molecule has 23 heavy (non-hydrogen) atoms. The van der Waals surface area contributed by atoms with E-state index in [1.165, 1.54) is 6.20 Å². The van der Waals surface area contributed by atoms with Crippen LogP contribution < -0.4 is 0 Å². The molecule has 1 aliphatic rings. The first-order valence-corrected chi connectivity index (χ1v) is 9.41. The first-order valence-electron chi connectivity index (χ1n) is 7.97. The van der Waals surface area contributed by atoms with Crippen molar-refractivity contribution in [1.82, 2.24) is 24.3 Å². The lowest BCUT2D eigenvalue weighted by molar-refractivity contribution is 0.312. The summed E-state index contributed by atoms with van der Waals surface area (Å²) in [5.74, 6) is 0.169. The Labute approximate surface area is 136 Å². The fourth-order valence-corrected chi connectivity index (χ4v) is 4.99. The molecule has 0 spiro atoms. The number of piperidine rings is 1. The summed E-state index contributed by atoms with van der Waals surface area (Å²) < 4.78 is 29.3. The number of nitrogens with one attached hydrogen (secondary N) is 1. The predicted octanol–water partition coefficient (Wildman–Crippen LogP) is 1.81. The number of aryl methyl sites for hydroxylation is 2. The molecule has 2 aromatic heterocycles. The largest absolute Gasteiger partial charge is 0.282 e. The van der Waals surface area contributed by atoms with Gasteiger partial charge < -0.3 is 0 Å². The molecule has 3 rings (SSSR count). The van der Waals surface area contributed by atoms with E-state index in [2.05, 4.69) is 15.3 Å². The third-order valence-corrected chi connectivity index (χ3v) is 6.60. The van der Waals surface area contributed by atoms with Crippen molar-refractivity contribution in [1.29, 1.82) is 0 Å². The van der Waals surface area contributed by atoms with Crippen LogP contribution in [0.5, 0.6) is 0 Å². The standard InChI is InChI=1S/C15H23N5O2S/c1-4-20-12(3)14(9-17-20)23(21,22)19-7-5-6-13(10-19)15-11(2)8-16-18-15/h8-9,13H,4-7,10H2,1-3H3,(H,16,18)/t13-/m0/s1. The first kappa shape index (κ1) is 16.2. The number of aromatic nitrogens is 4. The fourth-order valence-electron chi connectivity index (χ4n) is 3.31. The zero-order chi connectivity index (χ0) is 16.6. The fraction of sp³-hybridized carbons (Fsp3) is 0.600. The number of rotatable bonds is 4. The molecule has 1 aliphatic heterocycles. The molecule has 1 saturated heterocycles. The van der Waals surface area contributed by atoms with E-state index in [9.17, 15) is 8.42 Å². The molecule has 0 saturated carbocycles. The predicted molar refractivity (Wildman–Crippen MR) is 86.7 cm³/mol. The Bertz CT molecular complexity index is 793. The summed E-state index contributed by atoms with van der Waals surface area (Å²) in [6, 6.07) is 0. The molecule has 1 atom stereocenters. The van der Waals surface area contributed by atoms with Crippen LogP contribution >= 0.6 is 0 Å². The Hall–Kier alpha value is -1.67. The van der Waals surface area contributed by atoms with Crippen LogP contribution in [0.3, 0.4) is 0 Å². The van der Waals surface area contributed by atoms with Crippen LogP contribution in [0.15, 0.2) is 17.3 Å². The average molecular weight is 337 g/mol. The molecule has 0 unspecified atom stereocenters. The van der Waals surface area contributed by atoms with Crippen LogP contribution in [0.4, 0.5) is 0 Å². The number of hydrogen-bond acceptors (Lipinski definition) is 4. The van der Waals surface area contributed by atoms with Gasteiger partial charge in [0, 0.05) is 31.2 Å². The van der Waals surface area contributed by atoms with E-state index in [0.29, 0.717) is 30.2 Å². The third-order valence-electron chi connectivity index (χ3n) is 4.64. The van der Waals surface area contributed by atoms with Crippen molar-refractivity contribution >= 4 is 10.0 Å². The smallest absolute Gasteiger partial charge is 0.246 e. The Kier molecular flexibility index (Phi) is 4.29. The second-order valence-electron chi connectivity index (χ2n) is 6.08. The summed E-state index contributed by atoms with van der Waals surface area (Å²) in [4.78, 5) is 0.321. The lowest BCUT2D eigenvalue weighted by atomic mass is 9.94. The Morgan fingerprint density at radius 3 is 2.74 bits per heavy atom. The van der Waals surface area contributed by atoms with Crippen molar-refractivity contribution < 1.29 is 8.42 Å². The molecule has 0 bridgehead atoms. The van der Waals surface area contributed by atoms with Crippen molar-refractivity contribution in [3.05, 3.63) is 29.3 Å². The van der Waals surface area contributed by atoms with Gasteiger partial charge in [0.1, 0.15) is 4.90 Å². The van der Waals surface area contributed by atoms with Gasteiger partial charge >= 0.3 is 0 Å². The molecule has 0 radical (unpaired) electrons. The second-order valence-corrected chi connectivity index (χ2v) is 7.99. The van der Waals surface area contributed by atoms with Crippen molar-refractivity contribution in [2.45, 2.75) is 51.0 Å². The topological polar surface area (TPSA) is 83.9 Å². The van der Waals surface area contributed by atoms with Crippen molar-refractivity contribution in [3.8, 4) is 0 Å². The average Bonchev–Trinajstić information content (AvgIpc) is 3.13. The van der Waals surface area contributed by atoms with E-state index in [1.54, 1.807) is 15.2 Å². The van der Waals surface area contributed by atoms with Crippen LogP contribution in [-0.2, 0) is 16.6 Å². The molecular formula is C15H23N5O2S. The molecule has 0 aliphatic carbocycles. The van der Waals surface area contributed by atoms with Gasteiger partial charge in [-0.1, -0.05) is 0 Å². The molecule has 8 heteroatoms. The molecule has 126 valence electrons. The highest BCUT2D eigenvalue weighted by atomic mass is 32.2. The molecule has 1 fully saturated rings. The van der Waals surface area contributed by atoms with Crippen molar-refractivity contribution in [2.24, 2.45) is 0 Å². The zero-order valence-corrected chi connectivity index (χ0v) is 14.6. The summed E-state index contributed by atoms with van der Waals surface area (Å²) in [6.07, 6.45) is 5.09. The molecule has 7 nitrogen and oxygen atoms in total. The maximum absolute atomic E-state index is 13.0. The Morgan fingerprint density at radius 1 is 1.35 bits per heavy atom. The highest BCUT2D eigenvalue weighted by Crippen LogP contribution is 2.31. The maximum atomic E-state index is 13.0. The SMILES string of the molecule is CCn1ncc(S(=O)(=O)N2CCC[C@H](c3[nH]ncc3C)C2)c1C. The number of H-pyrrole nitrogens is 1. The van der Waals surface area contributed by atoms with E-state index in [-0.39, 0.29) is 5.92 Å². The summed E-state index contributed by atoms with van der Waals surface area (Å²) in [5, 5.41) is 11.3. The van der Waals surface area contributed by atoms with Gasteiger partial charge in [-0.3, -0.25) is 9.78 Å². The van der Waals surface area contributed by atoms with Gasteiger partial charge in [0.15, 0.2) is 0 Å². The minimum Gasteiger partial charge on any atom is -0.282 e. The number of hydrogen-bond donors (Lipinski definition) is 1. The highest BCUT2D eigenvalue weighted by molar-refractivity contribution is 7.89. The highest BCUT2D eigenvalue weighted by Gasteiger charge is 2.33. The van der Waals surface area contributed by atoms with E-state index in [1.807, 2.05) is 20.8 Å². The number of sulfonamides is 1. The minimum absolute atomic E-state index is 0.169. The van der Waals surface area contributed by atoms with Gasteiger partial charge in [0.2, 0.25) is 10.0 Å². The molecule has 3 heterocycles. The van der Waals surface area contributed by atoms with Crippen LogP contribution in [0, 0.1) is 13.8 Å². The van der Waals surface area contributed by atoms with Gasteiger partial charge in [0.05, 0.1) is 18.1 Å². The summed E-state index contributed by atoms with van der Waals surface area (Å²) >= 11 is 0. The van der Waals surface area contributed by atoms with Crippen LogP contribution in [0.1, 0.15) is 42.6 Å². The quantitative estimate of drug-likeness (QED) is 0.922. The third kappa shape index (κ3) is 2.81. The van der Waals surface area contributed by atoms with Crippen LogP contribution in [0.2, 0.25) is 0 Å². The normalized spacial score (nSPS) is 20.0. The molecule has 1 N–H and O–H groups in total. The molecule has 2 aromatic rings. The maximum Gasteiger partial charge on any atom is 0.246 e. The summed E-state index contributed by atoms with van der Waals surface area (Å²) in [5.41, 5.74) is 2.84. The van der Waals surface area contributed by atoms with E-state index in [4.69, 9.17) is 0 Å². The first-order chi connectivity index (χ1) is 10.9. The van der Waals surface area contributed by atoms with Crippen molar-refractivity contribution in [2.75, 3.05) is 13.1 Å².